The van der Waals surface area contributed by atoms with E-state index in [1.165, 1.54) is 18.7 Å². The Morgan fingerprint density at radius 3 is 2.42 bits per heavy atom. The molecule has 0 aliphatic rings. The summed E-state index contributed by atoms with van der Waals surface area (Å²) in [6, 6.07) is 10.9. The summed E-state index contributed by atoms with van der Waals surface area (Å²) in [7, 11) is 0. The number of amides is 1. The highest BCUT2D eigenvalue weighted by molar-refractivity contribution is 7.99. The van der Waals surface area contributed by atoms with Crippen LogP contribution in [0.15, 0.2) is 41.6 Å². The van der Waals surface area contributed by atoms with Crippen LogP contribution in [-0.2, 0) is 14.3 Å². The molecule has 0 aliphatic heterocycles. The molecule has 0 aliphatic carbocycles. The first-order valence-electron chi connectivity index (χ1n) is 7.44. The molecule has 0 saturated heterocycles. The van der Waals surface area contributed by atoms with Crippen LogP contribution in [0.3, 0.4) is 0 Å². The van der Waals surface area contributed by atoms with Gasteiger partial charge in [-0.15, -0.1) is 0 Å². The molecule has 1 N–H and O–H groups in total. The predicted octanol–water partition coefficient (Wildman–Crippen LogP) is 2.76. The molecule has 6 nitrogen and oxygen atoms in total. The summed E-state index contributed by atoms with van der Waals surface area (Å²) in [5.74, 6) is -0.813. The smallest absolute Gasteiger partial charge is 0.317 e. The molecule has 0 fully saturated rings. The molecule has 7 heteroatoms. The van der Waals surface area contributed by atoms with Gasteiger partial charge in [0.25, 0.3) is 5.91 Å². The number of aryl methyl sites for hydroxylation is 2. The Morgan fingerprint density at radius 1 is 1.17 bits per heavy atom. The third-order valence-corrected chi connectivity index (χ3v) is 3.82. The van der Waals surface area contributed by atoms with Gasteiger partial charge in [0.1, 0.15) is 0 Å². The van der Waals surface area contributed by atoms with E-state index >= 15 is 0 Å². The summed E-state index contributed by atoms with van der Waals surface area (Å²) in [6.07, 6.45) is -0.876. The highest BCUT2D eigenvalue weighted by Crippen LogP contribution is 2.15. The summed E-state index contributed by atoms with van der Waals surface area (Å²) in [6.45, 7) is 5.27. The second kappa shape index (κ2) is 8.44. The Bertz CT molecular complexity index is 702. The van der Waals surface area contributed by atoms with Crippen molar-refractivity contribution in [3.63, 3.8) is 0 Å². The fourth-order valence-corrected chi connectivity index (χ4v) is 2.66. The zero-order chi connectivity index (χ0) is 17.5. The molecule has 1 heterocycles. The van der Waals surface area contributed by atoms with E-state index in [0.717, 1.165) is 11.4 Å². The maximum absolute atomic E-state index is 12.0. The molecule has 0 saturated carbocycles. The molecule has 126 valence electrons. The van der Waals surface area contributed by atoms with E-state index < -0.39 is 12.1 Å². The van der Waals surface area contributed by atoms with E-state index in [2.05, 4.69) is 15.3 Å². The Morgan fingerprint density at radius 2 is 1.79 bits per heavy atom. The Kier molecular flexibility index (Phi) is 6.31. The topological polar surface area (TPSA) is 81.2 Å². The van der Waals surface area contributed by atoms with Crippen LogP contribution in [-0.4, -0.2) is 33.7 Å². The van der Waals surface area contributed by atoms with E-state index in [1.54, 1.807) is 12.1 Å². The first-order valence-corrected chi connectivity index (χ1v) is 8.43. The minimum atomic E-state index is -0.876. The van der Waals surface area contributed by atoms with E-state index in [4.69, 9.17) is 4.74 Å². The molecule has 0 unspecified atom stereocenters. The van der Waals surface area contributed by atoms with Crippen LogP contribution in [0, 0.1) is 13.8 Å². The van der Waals surface area contributed by atoms with Crippen molar-refractivity contribution in [3.8, 4) is 0 Å². The number of esters is 1. The zero-order valence-corrected chi connectivity index (χ0v) is 14.6. The summed E-state index contributed by atoms with van der Waals surface area (Å²) < 4.78 is 5.14. The van der Waals surface area contributed by atoms with Gasteiger partial charge in [0, 0.05) is 17.1 Å². The second-order valence-corrected chi connectivity index (χ2v) is 6.15. The zero-order valence-electron chi connectivity index (χ0n) is 13.8. The molecule has 2 rings (SSSR count). The van der Waals surface area contributed by atoms with Crippen molar-refractivity contribution in [2.75, 3.05) is 11.1 Å². The molecule has 1 aromatic heterocycles. The van der Waals surface area contributed by atoms with Crippen LogP contribution < -0.4 is 5.32 Å². The molecular formula is C17H19N3O3S. The number of rotatable bonds is 6. The first kappa shape index (κ1) is 17.9. The van der Waals surface area contributed by atoms with E-state index in [0.29, 0.717) is 10.8 Å². The molecule has 1 amide bonds. The van der Waals surface area contributed by atoms with Gasteiger partial charge in [0.15, 0.2) is 11.3 Å². The van der Waals surface area contributed by atoms with Gasteiger partial charge in [0.2, 0.25) is 0 Å². The van der Waals surface area contributed by atoms with Crippen molar-refractivity contribution in [1.29, 1.82) is 0 Å². The van der Waals surface area contributed by atoms with Gasteiger partial charge in [0.05, 0.1) is 5.75 Å². The number of para-hydroxylation sites is 1. The van der Waals surface area contributed by atoms with E-state index in [1.807, 2.05) is 38.1 Å². The number of aromatic nitrogens is 2. The van der Waals surface area contributed by atoms with E-state index in [9.17, 15) is 9.59 Å². The third-order valence-electron chi connectivity index (χ3n) is 3.00. The van der Waals surface area contributed by atoms with Gasteiger partial charge in [-0.1, -0.05) is 30.0 Å². The fourth-order valence-electron chi connectivity index (χ4n) is 1.93. The Balaban J connectivity index is 1.81. The fraction of sp³-hybridized carbons (Fsp3) is 0.294. The Labute approximate surface area is 145 Å². The summed E-state index contributed by atoms with van der Waals surface area (Å²) in [5.41, 5.74) is 2.34. The number of hydrogen-bond acceptors (Lipinski definition) is 6. The minimum absolute atomic E-state index is 0.0475. The average Bonchev–Trinajstić information content (AvgIpc) is 2.53. The van der Waals surface area contributed by atoms with Crippen molar-refractivity contribution in [3.05, 3.63) is 47.8 Å². The van der Waals surface area contributed by atoms with Crippen molar-refractivity contribution < 1.29 is 14.3 Å². The van der Waals surface area contributed by atoms with Crippen LogP contribution in [0.25, 0.3) is 0 Å². The molecule has 1 atom stereocenters. The lowest BCUT2D eigenvalue weighted by Crippen LogP contribution is -2.30. The standard InChI is InChI=1S/C17H19N3O3S/c1-11-9-12(2)19-17(18-11)24-10-15(21)23-13(3)16(22)20-14-7-5-4-6-8-14/h4-9,13H,10H2,1-3H3,(H,20,22)/t13-/m0/s1. The largest absolute Gasteiger partial charge is 0.452 e. The van der Waals surface area contributed by atoms with Crippen LogP contribution >= 0.6 is 11.8 Å². The van der Waals surface area contributed by atoms with E-state index in [-0.39, 0.29) is 11.7 Å². The number of ether oxygens (including phenoxy) is 1. The van der Waals surface area contributed by atoms with Crippen molar-refractivity contribution in [1.82, 2.24) is 9.97 Å². The van der Waals surface area contributed by atoms with Crippen LogP contribution in [0.2, 0.25) is 0 Å². The molecule has 0 spiro atoms. The first-order chi connectivity index (χ1) is 11.4. The number of hydrogen-bond donors (Lipinski definition) is 1. The summed E-state index contributed by atoms with van der Waals surface area (Å²) in [5, 5.41) is 3.21. The monoisotopic (exact) mass is 345 g/mol. The lowest BCUT2D eigenvalue weighted by Gasteiger charge is -2.13. The molecule has 24 heavy (non-hydrogen) atoms. The van der Waals surface area contributed by atoms with Crippen molar-refractivity contribution in [2.45, 2.75) is 32.0 Å². The van der Waals surface area contributed by atoms with Gasteiger partial charge in [-0.3, -0.25) is 9.59 Å². The number of carbonyl (C=O) groups excluding carboxylic acids is 2. The number of thioether (sulfide) groups is 1. The quantitative estimate of drug-likeness (QED) is 0.492. The highest BCUT2D eigenvalue weighted by atomic mass is 32.2. The summed E-state index contributed by atoms with van der Waals surface area (Å²) in [4.78, 5) is 32.3. The lowest BCUT2D eigenvalue weighted by atomic mass is 10.3. The van der Waals surface area contributed by atoms with Crippen LogP contribution in [0.5, 0.6) is 0 Å². The van der Waals surface area contributed by atoms with Crippen molar-refractivity contribution in [2.24, 2.45) is 0 Å². The number of anilines is 1. The predicted molar refractivity (Wildman–Crippen MR) is 92.9 cm³/mol. The number of nitrogens with zero attached hydrogens (tertiary/aromatic N) is 2. The molecule has 2 aromatic rings. The summed E-state index contributed by atoms with van der Waals surface area (Å²) >= 11 is 1.19. The van der Waals surface area contributed by atoms with Gasteiger partial charge in [-0.2, -0.15) is 0 Å². The number of carbonyl (C=O) groups is 2. The lowest BCUT2D eigenvalue weighted by molar-refractivity contribution is -0.150. The minimum Gasteiger partial charge on any atom is -0.452 e. The molecule has 0 bridgehead atoms. The molecule has 1 aromatic carbocycles. The average molecular weight is 345 g/mol. The maximum Gasteiger partial charge on any atom is 0.317 e. The van der Waals surface area contributed by atoms with Gasteiger partial charge < -0.3 is 10.1 Å². The van der Waals surface area contributed by atoms with Crippen LogP contribution in [0.4, 0.5) is 5.69 Å². The Hall–Kier alpha value is -2.41. The van der Waals surface area contributed by atoms with Gasteiger partial charge >= 0.3 is 5.97 Å². The number of nitrogens with one attached hydrogen (secondary N) is 1. The van der Waals surface area contributed by atoms with Crippen LogP contribution in [0.1, 0.15) is 18.3 Å². The third kappa shape index (κ3) is 5.66. The van der Waals surface area contributed by atoms with Gasteiger partial charge in [-0.05, 0) is 39.0 Å². The second-order valence-electron chi connectivity index (χ2n) is 5.21. The number of benzene rings is 1. The molecular weight excluding hydrogens is 326 g/mol. The molecule has 0 radical (unpaired) electrons. The highest BCUT2D eigenvalue weighted by Gasteiger charge is 2.18. The SMILES string of the molecule is Cc1cc(C)nc(SCC(=O)O[C@@H](C)C(=O)Nc2ccccc2)n1. The van der Waals surface area contributed by atoms with Gasteiger partial charge in [-0.25, -0.2) is 9.97 Å². The normalized spacial score (nSPS) is 11.6. The maximum atomic E-state index is 12.0. The van der Waals surface area contributed by atoms with Crippen molar-refractivity contribution >= 4 is 29.3 Å².